The average Bonchev–Trinajstić information content (AvgIpc) is 3.48. The number of alkyl halides is 2. The number of fused-ring (bicyclic) bond motifs is 1. The number of para-hydroxylation sites is 1. The summed E-state index contributed by atoms with van der Waals surface area (Å²) in [5.74, 6) is -2.88. The number of hydrogen-bond donors (Lipinski definition) is 3. The lowest BCUT2D eigenvalue weighted by Crippen LogP contribution is -2.18. The van der Waals surface area contributed by atoms with Crippen LogP contribution in [0, 0.1) is 12.7 Å². The SMILES string of the molecule is Cc1cc(NC2COC(c3cccc4cc(C(F)(F)c5ccc(F)cc5)[nH]c34)=N2)n[nH]1. The first-order valence-corrected chi connectivity index (χ1v) is 9.66. The Balaban J connectivity index is 1.47. The van der Waals surface area contributed by atoms with Crippen molar-refractivity contribution in [1.82, 2.24) is 15.2 Å². The summed E-state index contributed by atoms with van der Waals surface area (Å²) in [6.07, 6.45) is -0.344. The maximum Gasteiger partial charge on any atom is 0.312 e. The highest BCUT2D eigenvalue weighted by atomic mass is 19.3. The van der Waals surface area contributed by atoms with Crippen molar-refractivity contribution in [3.05, 3.63) is 82.9 Å². The van der Waals surface area contributed by atoms with Crippen molar-refractivity contribution in [2.24, 2.45) is 4.99 Å². The van der Waals surface area contributed by atoms with Crippen LogP contribution in [0.25, 0.3) is 10.9 Å². The molecule has 0 radical (unpaired) electrons. The molecule has 158 valence electrons. The van der Waals surface area contributed by atoms with Gasteiger partial charge in [0.15, 0.2) is 6.17 Å². The Morgan fingerprint density at radius 2 is 1.94 bits per heavy atom. The largest absolute Gasteiger partial charge is 0.473 e. The van der Waals surface area contributed by atoms with Crippen molar-refractivity contribution in [3.8, 4) is 0 Å². The van der Waals surface area contributed by atoms with Gasteiger partial charge >= 0.3 is 5.92 Å². The van der Waals surface area contributed by atoms with E-state index in [1.807, 2.05) is 13.0 Å². The Kier molecular flexibility index (Phi) is 4.46. The van der Waals surface area contributed by atoms with Crippen LogP contribution < -0.4 is 5.32 Å². The minimum absolute atomic E-state index is 0.289. The van der Waals surface area contributed by atoms with Gasteiger partial charge in [0, 0.05) is 22.7 Å². The first kappa shape index (κ1) is 19.2. The van der Waals surface area contributed by atoms with Gasteiger partial charge in [-0.2, -0.15) is 13.9 Å². The first-order chi connectivity index (χ1) is 14.9. The summed E-state index contributed by atoms with van der Waals surface area (Å²) in [4.78, 5) is 7.35. The molecule has 1 aliphatic heterocycles. The maximum absolute atomic E-state index is 15.0. The van der Waals surface area contributed by atoms with Gasteiger partial charge in [0.1, 0.15) is 18.2 Å². The number of rotatable bonds is 5. The van der Waals surface area contributed by atoms with E-state index < -0.39 is 11.7 Å². The van der Waals surface area contributed by atoms with Crippen molar-refractivity contribution in [3.63, 3.8) is 0 Å². The fourth-order valence-corrected chi connectivity index (χ4v) is 3.58. The average molecular weight is 425 g/mol. The van der Waals surface area contributed by atoms with Crippen LogP contribution in [0.1, 0.15) is 22.5 Å². The highest BCUT2D eigenvalue weighted by Crippen LogP contribution is 2.37. The number of aliphatic imine (C=N–C) groups is 1. The van der Waals surface area contributed by atoms with Gasteiger partial charge in [-0.25, -0.2) is 9.38 Å². The number of nitrogens with one attached hydrogen (secondary N) is 3. The van der Waals surface area contributed by atoms with Crippen LogP contribution in [0.3, 0.4) is 0 Å². The van der Waals surface area contributed by atoms with Gasteiger partial charge in [-0.3, -0.25) is 5.10 Å². The first-order valence-electron chi connectivity index (χ1n) is 9.66. The Morgan fingerprint density at radius 3 is 2.68 bits per heavy atom. The van der Waals surface area contributed by atoms with Gasteiger partial charge in [0.25, 0.3) is 0 Å². The smallest absolute Gasteiger partial charge is 0.312 e. The Hall–Kier alpha value is -3.75. The molecule has 0 saturated heterocycles. The second-order valence-corrected chi connectivity index (χ2v) is 7.38. The van der Waals surface area contributed by atoms with E-state index >= 15 is 8.78 Å². The Labute approximate surface area is 175 Å². The molecule has 6 nitrogen and oxygen atoms in total. The molecule has 31 heavy (non-hydrogen) atoms. The van der Waals surface area contributed by atoms with Gasteiger partial charge in [0.2, 0.25) is 5.90 Å². The van der Waals surface area contributed by atoms with Gasteiger partial charge in [0.05, 0.1) is 16.8 Å². The number of aromatic nitrogens is 3. The molecule has 0 aliphatic carbocycles. The zero-order valence-electron chi connectivity index (χ0n) is 16.4. The van der Waals surface area contributed by atoms with E-state index in [0.29, 0.717) is 28.2 Å². The number of benzene rings is 2. The standard InChI is InChI=1S/C22H18F3N5O/c1-12-9-18(30-29-12)27-19-11-31-21(28-19)16-4-2-3-13-10-17(26-20(13)16)22(24,25)14-5-7-15(23)8-6-14/h2-10,19,26H,11H2,1H3,(H2,27,29,30). The van der Waals surface area contributed by atoms with E-state index in [1.54, 1.807) is 18.2 Å². The molecule has 9 heteroatoms. The maximum atomic E-state index is 15.0. The van der Waals surface area contributed by atoms with Gasteiger partial charge < -0.3 is 15.0 Å². The predicted octanol–water partition coefficient (Wildman–Crippen LogP) is 4.69. The second kappa shape index (κ2) is 7.19. The molecule has 0 spiro atoms. The third kappa shape index (κ3) is 3.52. The number of aromatic amines is 2. The molecular weight excluding hydrogens is 407 g/mol. The summed E-state index contributed by atoms with van der Waals surface area (Å²) in [5, 5.41) is 10.7. The quantitative estimate of drug-likeness (QED) is 0.434. The molecule has 3 heterocycles. The summed E-state index contributed by atoms with van der Waals surface area (Å²) >= 11 is 0. The summed E-state index contributed by atoms with van der Waals surface area (Å²) in [7, 11) is 0. The van der Waals surface area contributed by atoms with E-state index in [1.165, 1.54) is 6.07 Å². The number of halogens is 3. The molecule has 4 aromatic rings. The fraction of sp³-hybridized carbons (Fsp3) is 0.182. The highest BCUT2D eigenvalue weighted by molar-refractivity contribution is 6.06. The third-order valence-electron chi connectivity index (χ3n) is 5.10. The molecule has 1 aliphatic rings. The lowest BCUT2D eigenvalue weighted by molar-refractivity contribution is 0.0387. The van der Waals surface area contributed by atoms with Crippen LogP contribution >= 0.6 is 0 Å². The number of hydrogen-bond acceptors (Lipinski definition) is 4. The summed E-state index contributed by atoms with van der Waals surface area (Å²) < 4.78 is 49.0. The normalized spacial score (nSPS) is 16.4. The zero-order chi connectivity index (χ0) is 21.6. The number of aryl methyl sites for hydroxylation is 1. The predicted molar refractivity (Wildman–Crippen MR) is 111 cm³/mol. The monoisotopic (exact) mass is 425 g/mol. The van der Waals surface area contributed by atoms with Crippen LogP contribution in [-0.4, -0.2) is 33.9 Å². The fourth-order valence-electron chi connectivity index (χ4n) is 3.58. The van der Waals surface area contributed by atoms with Crippen LogP contribution in [-0.2, 0) is 10.7 Å². The number of anilines is 1. The molecule has 0 saturated carbocycles. The molecule has 0 amide bonds. The molecule has 0 fully saturated rings. The van der Waals surface area contributed by atoms with Crippen LogP contribution in [0.15, 0.2) is 59.6 Å². The third-order valence-corrected chi connectivity index (χ3v) is 5.10. The summed E-state index contributed by atoms with van der Waals surface area (Å²) in [6, 6.07) is 12.7. The van der Waals surface area contributed by atoms with Crippen molar-refractivity contribution < 1.29 is 17.9 Å². The van der Waals surface area contributed by atoms with Crippen LogP contribution in [0.4, 0.5) is 19.0 Å². The number of ether oxygens (including phenoxy) is 1. The van der Waals surface area contributed by atoms with Gasteiger partial charge in [-0.1, -0.05) is 12.1 Å². The summed E-state index contributed by atoms with van der Waals surface area (Å²) in [6.45, 7) is 2.18. The molecular formula is C22H18F3N5O. The van der Waals surface area contributed by atoms with Crippen molar-refractivity contribution in [2.75, 3.05) is 11.9 Å². The Bertz CT molecular complexity index is 1280. The molecule has 2 aromatic heterocycles. The molecule has 1 atom stereocenters. The number of H-pyrrole nitrogens is 2. The van der Waals surface area contributed by atoms with Crippen molar-refractivity contribution >= 4 is 22.6 Å². The molecule has 0 bridgehead atoms. The van der Waals surface area contributed by atoms with Crippen molar-refractivity contribution in [2.45, 2.75) is 19.0 Å². The van der Waals surface area contributed by atoms with E-state index in [0.717, 1.165) is 30.0 Å². The van der Waals surface area contributed by atoms with Crippen LogP contribution in [0.2, 0.25) is 0 Å². The zero-order valence-corrected chi connectivity index (χ0v) is 16.4. The topological polar surface area (TPSA) is 78.1 Å². The molecule has 5 rings (SSSR count). The van der Waals surface area contributed by atoms with E-state index in [9.17, 15) is 4.39 Å². The summed E-state index contributed by atoms with van der Waals surface area (Å²) in [5.41, 5.74) is 1.41. The second-order valence-electron chi connectivity index (χ2n) is 7.38. The van der Waals surface area contributed by atoms with E-state index in [4.69, 9.17) is 4.74 Å². The molecule has 3 N–H and O–H groups in total. The van der Waals surface area contributed by atoms with E-state index in [2.05, 4.69) is 25.5 Å². The van der Waals surface area contributed by atoms with Crippen molar-refractivity contribution in [1.29, 1.82) is 0 Å². The molecule has 1 unspecified atom stereocenters. The highest BCUT2D eigenvalue weighted by Gasteiger charge is 2.36. The van der Waals surface area contributed by atoms with Gasteiger partial charge in [-0.05, 0) is 43.3 Å². The Morgan fingerprint density at radius 1 is 1.13 bits per heavy atom. The lowest BCUT2D eigenvalue weighted by Gasteiger charge is -2.15. The van der Waals surface area contributed by atoms with E-state index in [-0.39, 0.29) is 24.0 Å². The number of nitrogens with zero attached hydrogens (tertiary/aromatic N) is 2. The minimum atomic E-state index is -3.32. The van der Waals surface area contributed by atoms with Crippen LogP contribution in [0.5, 0.6) is 0 Å². The minimum Gasteiger partial charge on any atom is -0.473 e. The molecule has 2 aromatic carbocycles. The lowest BCUT2D eigenvalue weighted by atomic mass is 10.1. The van der Waals surface area contributed by atoms with Gasteiger partial charge in [-0.15, -0.1) is 0 Å².